The largest absolute Gasteiger partial charge is 0.492 e. The summed E-state index contributed by atoms with van der Waals surface area (Å²) in [6, 6.07) is 5.31. The number of ether oxygens (including phenoxy) is 3. The summed E-state index contributed by atoms with van der Waals surface area (Å²) in [6.45, 7) is 10.3. The SMILES string of the molecule is CN1C(=O)[C@@H](OC(=O)NC(C)(C)C)COc2ccc(OCCN3CCC(C)(O)CC3)cc21. The van der Waals surface area contributed by atoms with Crippen molar-refractivity contribution in [2.24, 2.45) is 0 Å². The summed E-state index contributed by atoms with van der Waals surface area (Å²) in [5.41, 5.74) is -0.483. The fraction of sp³-hybridized carbons (Fsp3) is 0.652. The van der Waals surface area contributed by atoms with E-state index in [0.717, 1.165) is 32.5 Å². The average molecular weight is 450 g/mol. The van der Waals surface area contributed by atoms with Crippen molar-refractivity contribution in [3.05, 3.63) is 18.2 Å². The van der Waals surface area contributed by atoms with E-state index in [1.807, 2.05) is 27.7 Å². The van der Waals surface area contributed by atoms with Gasteiger partial charge in [-0.15, -0.1) is 0 Å². The molecule has 32 heavy (non-hydrogen) atoms. The van der Waals surface area contributed by atoms with Crippen LogP contribution in [0.2, 0.25) is 0 Å². The second kappa shape index (κ2) is 9.54. The molecule has 2 aliphatic heterocycles. The quantitative estimate of drug-likeness (QED) is 0.710. The first-order valence-electron chi connectivity index (χ1n) is 11.0. The van der Waals surface area contributed by atoms with E-state index in [4.69, 9.17) is 14.2 Å². The lowest BCUT2D eigenvalue weighted by Gasteiger charge is -2.35. The first-order chi connectivity index (χ1) is 14.9. The number of amides is 2. The molecule has 3 rings (SSSR count). The summed E-state index contributed by atoms with van der Waals surface area (Å²) in [6.07, 6.45) is -0.197. The lowest BCUT2D eigenvalue weighted by Crippen LogP contribution is -2.46. The zero-order valence-corrected chi connectivity index (χ0v) is 19.6. The number of likely N-dealkylation sites (N-methyl/N-ethyl adjacent to an activating group) is 1. The smallest absolute Gasteiger partial charge is 0.408 e. The number of likely N-dealkylation sites (tertiary alicyclic amines) is 1. The van der Waals surface area contributed by atoms with Crippen LogP contribution in [0.5, 0.6) is 11.5 Å². The first-order valence-corrected chi connectivity index (χ1v) is 11.0. The van der Waals surface area contributed by atoms with Gasteiger partial charge in [0.25, 0.3) is 5.91 Å². The van der Waals surface area contributed by atoms with Crippen LogP contribution in [0.3, 0.4) is 0 Å². The molecule has 9 heteroatoms. The molecule has 2 N–H and O–H groups in total. The second-order valence-corrected chi connectivity index (χ2v) is 9.79. The summed E-state index contributed by atoms with van der Waals surface area (Å²) >= 11 is 0. The Labute approximate surface area is 189 Å². The molecule has 0 bridgehead atoms. The predicted molar refractivity (Wildman–Crippen MR) is 120 cm³/mol. The summed E-state index contributed by atoms with van der Waals surface area (Å²) in [5, 5.41) is 12.7. The number of carbonyl (C=O) groups excluding carboxylic acids is 2. The van der Waals surface area contributed by atoms with Crippen LogP contribution < -0.4 is 19.7 Å². The molecule has 1 aromatic rings. The number of hydrogen-bond acceptors (Lipinski definition) is 7. The van der Waals surface area contributed by atoms with Gasteiger partial charge in [-0.2, -0.15) is 0 Å². The van der Waals surface area contributed by atoms with Gasteiger partial charge in [-0.1, -0.05) is 0 Å². The monoisotopic (exact) mass is 449 g/mol. The number of carbonyl (C=O) groups is 2. The molecule has 0 aromatic heterocycles. The molecule has 2 heterocycles. The van der Waals surface area contributed by atoms with Crippen LogP contribution >= 0.6 is 0 Å². The molecule has 0 unspecified atom stereocenters. The maximum Gasteiger partial charge on any atom is 0.408 e. The Kier molecular flexibility index (Phi) is 7.19. The zero-order chi connectivity index (χ0) is 23.5. The van der Waals surface area contributed by atoms with Crippen LogP contribution in [-0.2, 0) is 9.53 Å². The van der Waals surface area contributed by atoms with Gasteiger partial charge in [-0.05, 0) is 52.7 Å². The van der Waals surface area contributed by atoms with E-state index < -0.39 is 23.3 Å². The number of nitrogens with zero attached hydrogens (tertiary/aromatic N) is 2. The van der Waals surface area contributed by atoms with E-state index in [9.17, 15) is 14.7 Å². The molecule has 0 aliphatic carbocycles. The summed E-state index contributed by atoms with van der Waals surface area (Å²) < 4.78 is 17.0. The highest BCUT2D eigenvalue weighted by atomic mass is 16.6. The number of aliphatic hydroxyl groups is 1. The number of alkyl carbamates (subject to hydrolysis) is 1. The van der Waals surface area contributed by atoms with Crippen molar-refractivity contribution in [2.45, 2.75) is 57.8 Å². The molecule has 1 saturated heterocycles. The molecule has 9 nitrogen and oxygen atoms in total. The average Bonchev–Trinajstić information content (AvgIpc) is 2.80. The predicted octanol–water partition coefficient (Wildman–Crippen LogP) is 2.16. The van der Waals surface area contributed by atoms with Gasteiger partial charge in [0.1, 0.15) is 24.7 Å². The van der Waals surface area contributed by atoms with E-state index in [1.54, 1.807) is 25.2 Å². The number of hydrogen-bond donors (Lipinski definition) is 2. The van der Waals surface area contributed by atoms with Crippen LogP contribution in [0.25, 0.3) is 0 Å². The summed E-state index contributed by atoms with van der Waals surface area (Å²) in [4.78, 5) is 28.7. The van der Waals surface area contributed by atoms with Crippen molar-refractivity contribution in [1.82, 2.24) is 10.2 Å². The van der Waals surface area contributed by atoms with Gasteiger partial charge in [0.15, 0.2) is 0 Å². The number of piperidine rings is 1. The van der Waals surface area contributed by atoms with Crippen molar-refractivity contribution in [1.29, 1.82) is 0 Å². The minimum atomic E-state index is -1.05. The van der Waals surface area contributed by atoms with Gasteiger partial charge in [0.2, 0.25) is 6.10 Å². The third-order valence-corrected chi connectivity index (χ3v) is 5.62. The van der Waals surface area contributed by atoms with Gasteiger partial charge in [0.05, 0.1) is 11.3 Å². The molecule has 2 amide bonds. The van der Waals surface area contributed by atoms with E-state index in [0.29, 0.717) is 23.8 Å². The normalized spacial score (nSPS) is 21.2. The van der Waals surface area contributed by atoms with E-state index in [2.05, 4.69) is 10.2 Å². The zero-order valence-electron chi connectivity index (χ0n) is 19.6. The Balaban J connectivity index is 1.57. The Morgan fingerprint density at radius 3 is 2.66 bits per heavy atom. The van der Waals surface area contributed by atoms with Crippen molar-refractivity contribution >= 4 is 17.7 Å². The van der Waals surface area contributed by atoms with Gasteiger partial charge in [-0.3, -0.25) is 9.69 Å². The lowest BCUT2D eigenvalue weighted by molar-refractivity contribution is -0.127. The highest BCUT2D eigenvalue weighted by Gasteiger charge is 2.33. The number of nitrogens with one attached hydrogen (secondary N) is 1. The Morgan fingerprint density at radius 1 is 1.31 bits per heavy atom. The third kappa shape index (κ3) is 6.49. The van der Waals surface area contributed by atoms with Crippen molar-refractivity contribution < 1.29 is 28.9 Å². The minimum Gasteiger partial charge on any atom is -0.492 e. The van der Waals surface area contributed by atoms with Crippen LogP contribution in [-0.4, -0.2) is 79.1 Å². The molecule has 0 radical (unpaired) electrons. The Bertz CT molecular complexity index is 826. The van der Waals surface area contributed by atoms with Crippen molar-refractivity contribution in [3.8, 4) is 11.5 Å². The molecule has 0 spiro atoms. The minimum absolute atomic E-state index is 0.0628. The van der Waals surface area contributed by atoms with Crippen molar-refractivity contribution in [3.63, 3.8) is 0 Å². The molecule has 1 atom stereocenters. The molecule has 178 valence electrons. The fourth-order valence-electron chi connectivity index (χ4n) is 3.64. The van der Waals surface area contributed by atoms with E-state index in [1.165, 1.54) is 4.90 Å². The topological polar surface area (TPSA) is 101 Å². The van der Waals surface area contributed by atoms with E-state index in [-0.39, 0.29) is 12.5 Å². The number of benzene rings is 1. The van der Waals surface area contributed by atoms with Crippen molar-refractivity contribution in [2.75, 3.05) is 44.8 Å². The Morgan fingerprint density at radius 2 is 2.00 bits per heavy atom. The Hall–Kier alpha value is -2.52. The fourth-order valence-corrected chi connectivity index (χ4v) is 3.64. The van der Waals surface area contributed by atoms with Crippen LogP contribution in [0.1, 0.15) is 40.5 Å². The highest BCUT2D eigenvalue weighted by Crippen LogP contribution is 2.34. The standard InChI is InChI=1S/C23H35N3O6/c1-22(2,3)24-21(28)32-19-15-31-18-7-6-16(14-17(18)25(5)20(19)27)30-13-12-26-10-8-23(4,29)9-11-26/h6-7,14,19,29H,8-13,15H2,1-5H3,(H,24,28)/t19-/m0/s1. The number of rotatable bonds is 5. The molecular weight excluding hydrogens is 414 g/mol. The molecule has 2 aliphatic rings. The van der Waals surface area contributed by atoms with Crippen LogP contribution in [0, 0.1) is 0 Å². The number of anilines is 1. The van der Waals surface area contributed by atoms with Gasteiger partial charge >= 0.3 is 6.09 Å². The molecule has 1 aromatic carbocycles. The van der Waals surface area contributed by atoms with Gasteiger partial charge in [0, 0.05) is 38.3 Å². The summed E-state index contributed by atoms with van der Waals surface area (Å²) in [7, 11) is 1.62. The third-order valence-electron chi connectivity index (χ3n) is 5.62. The summed E-state index contributed by atoms with van der Waals surface area (Å²) in [5.74, 6) is 0.778. The van der Waals surface area contributed by atoms with Crippen LogP contribution in [0.15, 0.2) is 18.2 Å². The lowest BCUT2D eigenvalue weighted by atomic mass is 9.94. The van der Waals surface area contributed by atoms with E-state index >= 15 is 0 Å². The molecule has 0 saturated carbocycles. The maximum absolute atomic E-state index is 12.9. The molecule has 1 fully saturated rings. The van der Waals surface area contributed by atoms with Crippen LogP contribution in [0.4, 0.5) is 10.5 Å². The number of fused-ring (bicyclic) bond motifs is 1. The second-order valence-electron chi connectivity index (χ2n) is 9.79. The van der Waals surface area contributed by atoms with Gasteiger partial charge < -0.3 is 29.5 Å². The highest BCUT2D eigenvalue weighted by molar-refractivity contribution is 5.99. The van der Waals surface area contributed by atoms with Gasteiger partial charge in [-0.25, -0.2) is 4.79 Å². The maximum atomic E-state index is 12.9. The first kappa shape index (κ1) is 24.1. The molecular formula is C23H35N3O6.